The van der Waals surface area contributed by atoms with Crippen LogP contribution in [-0.2, 0) is 6.42 Å². The maximum atomic E-state index is 8.82. The van der Waals surface area contributed by atoms with Gasteiger partial charge in [0.25, 0.3) is 0 Å². The van der Waals surface area contributed by atoms with Crippen molar-refractivity contribution in [3.63, 3.8) is 0 Å². The van der Waals surface area contributed by atoms with Gasteiger partial charge in [0.2, 0.25) is 0 Å². The van der Waals surface area contributed by atoms with Crippen LogP contribution in [0.1, 0.15) is 11.3 Å². The van der Waals surface area contributed by atoms with Crippen molar-refractivity contribution in [1.29, 1.82) is 5.26 Å². The molecule has 0 amide bonds. The predicted molar refractivity (Wildman–Crippen MR) is 86.7 cm³/mol. The molecule has 3 aromatic rings. The summed E-state index contributed by atoms with van der Waals surface area (Å²) in [5.74, 6) is 0. The summed E-state index contributed by atoms with van der Waals surface area (Å²) in [4.78, 5) is 4.57. The lowest BCUT2D eigenvalue weighted by Gasteiger charge is -2.04. The number of benzene rings is 1. The van der Waals surface area contributed by atoms with Gasteiger partial charge in [-0.05, 0) is 30.8 Å². The van der Waals surface area contributed by atoms with Gasteiger partial charge in [-0.3, -0.25) is 0 Å². The molecule has 2 aromatic heterocycles. The van der Waals surface area contributed by atoms with E-state index >= 15 is 0 Å². The summed E-state index contributed by atoms with van der Waals surface area (Å²) in [5.41, 5.74) is 5.11. The molecule has 0 radical (unpaired) electrons. The van der Waals surface area contributed by atoms with Crippen molar-refractivity contribution >= 4 is 19.8 Å². The van der Waals surface area contributed by atoms with Crippen LogP contribution in [0.4, 0.5) is 0 Å². The van der Waals surface area contributed by atoms with Crippen LogP contribution < -0.4 is 0 Å². The molecule has 21 heavy (non-hydrogen) atoms. The van der Waals surface area contributed by atoms with Crippen molar-refractivity contribution in [2.75, 3.05) is 6.66 Å². The van der Waals surface area contributed by atoms with Gasteiger partial charge in [0.15, 0.2) is 5.65 Å². The highest BCUT2D eigenvalue weighted by molar-refractivity contribution is 7.35. The quantitative estimate of drug-likeness (QED) is 0.694. The van der Waals surface area contributed by atoms with E-state index in [-0.39, 0.29) is 0 Å². The molecule has 2 heterocycles. The average molecular weight is 294 g/mol. The van der Waals surface area contributed by atoms with Gasteiger partial charge in [-0.2, -0.15) is 10.4 Å². The third-order valence-corrected chi connectivity index (χ3v) is 4.20. The Kier molecular flexibility index (Phi) is 3.68. The van der Waals surface area contributed by atoms with Crippen molar-refractivity contribution in [1.82, 2.24) is 14.5 Å². The van der Waals surface area contributed by atoms with E-state index < -0.39 is 0 Å². The molecular weight excluding hydrogens is 279 g/mol. The molecule has 3 rings (SSSR count). The molecule has 0 spiro atoms. The SMILES string of the molecule is CPn1nc(C)c2cc(-c3cccc(CC#N)c3)cnc21. The van der Waals surface area contributed by atoms with E-state index in [9.17, 15) is 0 Å². The van der Waals surface area contributed by atoms with E-state index in [2.05, 4.69) is 28.9 Å². The molecule has 0 aliphatic carbocycles. The van der Waals surface area contributed by atoms with Crippen LogP contribution in [0.3, 0.4) is 0 Å². The molecule has 0 fully saturated rings. The Morgan fingerprint density at radius 1 is 1.29 bits per heavy atom. The topological polar surface area (TPSA) is 54.5 Å². The Labute approximate surface area is 125 Å². The molecule has 1 unspecified atom stereocenters. The van der Waals surface area contributed by atoms with E-state index in [1.165, 1.54) is 0 Å². The maximum absolute atomic E-state index is 8.82. The molecule has 4 nitrogen and oxygen atoms in total. The number of rotatable bonds is 3. The molecule has 0 saturated carbocycles. The number of fused-ring (bicyclic) bond motifs is 1. The fraction of sp³-hybridized carbons (Fsp3) is 0.188. The van der Waals surface area contributed by atoms with Crippen molar-refractivity contribution < 1.29 is 0 Å². The number of aryl methyl sites for hydroxylation is 1. The standard InChI is InChI=1S/C16H15N4P/c1-11-15-9-14(10-18-16(15)20(19-11)21-2)13-5-3-4-12(8-13)6-7-17/h3-5,8-10,21H,6H2,1-2H3. The van der Waals surface area contributed by atoms with Crippen LogP contribution >= 0.6 is 8.73 Å². The second-order valence-corrected chi connectivity index (χ2v) is 5.72. The highest BCUT2D eigenvalue weighted by atomic mass is 31.1. The minimum absolute atomic E-state index is 0.428. The Morgan fingerprint density at radius 2 is 2.14 bits per heavy atom. The first-order chi connectivity index (χ1) is 10.2. The summed E-state index contributed by atoms with van der Waals surface area (Å²) < 4.78 is 1.94. The number of hydrogen-bond donors (Lipinski definition) is 0. The predicted octanol–water partition coefficient (Wildman–Crippen LogP) is 3.54. The van der Waals surface area contributed by atoms with Crippen LogP contribution in [0.2, 0.25) is 0 Å². The zero-order chi connectivity index (χ0) is 14.8. The molecule has 0 saturated heterocycles. The highest BCUT2D eigenvalue weighted by Gasteiger charge is 2.09. The fourth-order valence-electron chi connectivity index (χ4n) is 2.41. The van der Waals surface area contributed by atoms with Crippen molar-refractivity contribution in [2.45, 2.75) is 13.3 Å². The Morgan fingerprint density at radius 3 is 2.90 bits per heavy atom. The second-order valence-electron chi connectivity index (χ2n) is 4.85. The number of nitriles is 1. The highest BCUT2D eigenvalue weighted by Crippen LogP contribution is 2.27. The van der Waals surface area contributed by atoms with Gasteiger partial charge >= 0.3 is 0 Å². The molecule has 5 heteroatoms. The average Bonchev–Trinajstić information content (AvgIpc) is 2.84. The van der Waals surface area contributed by atoms with Gasteiger partial charge < -0.3 is 0 Å². The van der Waals surface area contributed by atoms with Crippen LogP contribution in [0.15, 0.2) is 36.5 Å². The molecule has 0 N–H and O–H groups in total. The smallest absolute Gasteiger partial charge is 0.161 e. The second kappa shape index (κ2) is 5.63. The zero-order valence-corrected chi connectivity index (χ0v) is 13.0. The summed E-state index contributed by atoms with van der Waals surface area (Å²) in [6, 6.07) is 12.4. The molecular formula is C16H15N4P. The van der Waals surface area contributed by atoms with E-state index in [0.717, 1.165) is 33.4 Å². The molecule has 1 aromatic carbocycles. The van der Waals surface area contributed by atoms with Crippen LogP contribution in [-0.4, -0.2) is 21.2 Å². The fourth-order valence-corrected chi connectivity index (χ4v) is 3.05. The lowest BCUT2D eigenvalue weighted by Crippen LogP contribution is -1.88. The van der Waals surface area contributed by atoms with Gasteiger partial charge in [0, 0.05) is 25.9 Å². The molecule has 0 aliphatic heterocycles. The molecule has 1 atom stereocenters. The molecule has 104 valence electrons. The summed E-state index contributed by atoms with van der Waals surface area (Å²) in [5, 5.41) is 14.4. The van der Waals surface area contributed by atoms with Gasteiger partial charge in [-0.25, -0.2) is 9.44 Å². The minimum atomic E-state index is 0.428. The first-order valence-corrected chi connectivity index (χ1v) is 8.17. The number of hydrogen-bond acceptors (Lipinski definition) is 3. The molecule has 0 bridgehead atoms. The van der Waals surface area contributed by atoms with E-state index in [1.54, 1.807) is 0 Å². The third kappa shape index (κ3) is 2.53. The Hall–Kier alpha value is -2.24. The lowest BCUT2D eigenvalue weighted by molar-refractivity contribution is 0.984. The number of nitrogens with zero attached hydrogens (tertiary/aromatic N) is 4. The Bertz CT molecular complexity index is 845. The first kappa shape index (κ1) is 13.7. The first-order valence-electron chi connectivity index (χ1n) is 6.72. The van der Waals surface area contributed by atoms with Gasteiger partial charge in [0.1, 0.15) is 0 Å². The summed E-state index contributed by atoms with van der Waals surface area (Å²) >= 11 is 0. The van der Waals surface area contributed by atoms with Crippen molar-refractivity contribution in [3.05, 3.63) is 47.8 Å². The largest absolute Gasteiger partial charge is 0.236 e. The number of pyridine rings is 1. The van der Waals surface area contributed by atoms with E-state index in [0.29, 0.717) is 15.2 Å². The summed E-state index contributed by atoms with van der Waals surface area (Å²) in [6.07, 6.45) is 2.31. The van der Waals surface area contributed by atoms with Crippen LogP contribution in [0, 0.1) is 18.3 Å². The van der Waals surface area contributed by atoms with Crippen molar-refractivity contribution in [2.24, 2.45) is 0 Å². The van der Waals surface area contributed by atoms with Gasteiger partial charge in [0.05, 0.1) is 18.2 Å². The summed E-state index contributed by atoms with van der Waals surface area (Å²) in [7, 11) is 0.573. The maximum Gasteiger partial charge on any atom is 0.161 e. The lowest BCUT2D eigenvalue weighted by atomic mass is 10.0. The molecule has 0 aliphatic rings. The van der Waals surface area contributed by atoms with Crippen LogP contribution in [0.25, 0.3) is 22.2 Å². The van der Waals surface area contributed by atoms with E-state index in [1.807, 2.05) is 41.8 Å². The van der Waals surface area contributed by atoms with Crippen molar-refractivity contribution in [3.8, 4) is 17.2 Å². The minimum Gasteiger partial charge on any atom is -0.236 e. The zero-order valence-electron chi connectivity index (χ0n) is 12.0. The number of aromatic nitrogens is 3. The monoisotopic (exact) mass is 294 g/mol. The van der Waals surface area contributed by atoms with E-state index in [4.69, 9.17) is 5.26 Å². The summed E-state index contributed by atoms with van der Waals surface area (Å²) in [6.45, 7) is 4.10. The van der Waals surface area contributed by atoms with Gasteiger partial charge in [-0.15, -0.1) is 0 Å². The van der Waals surface area contributed by atoms with Crippen LogP contribution in [0.5, 0.6) is 0 Å². The Balaban J connectivity index is 2.11. The normalized spacial score (nSPS) is 11.3. The van der Waals surface area contributed by atoms with Gasteiger partial charge in [-0.1, -0.05) is 24.3 Å². The third-order valence-electron chi connectivity index (χ3n) is 3.46.